The highest BCUT2D eigenvalue weighted by molar-refractivity contribution is 6.42. The summed E-state index contributed by atoms with van der Waals surface area (Å²) in [6.07, 6.45) is 2.54. The fourth-order valence-corrected chi connectivity index (χ4v) is 4.37. The van der Waals surface area contributed by atoms with Crippen molar-refractivity contribution >= 4 is 45.9 Å². The maximum absolute atomic E-state index is 13.0. The van der Waals surface area contributed by atoms with E-state index >= 15 is 0 Å². The molecule has 2 heterocycles. The van der Waals surface area contributed by atoms with Gasteiger partial charge in [-0.1, -0.05) is 61.3 Å². The number of aliphatic hydroxyl groups excluding tert-OH is 1. The third kappa shape index (κ3) is 5.24. The van der Waals surface area contributed by atoms with Crippen LogP contribution < -0.4 is 0 Å². The SMILES string of the molecule is CC.CC(Cc1c[nH]c2ccccc12)N1CC(C(=O)N(C)Cc2ccc(Cl)c(Cl)c2)=C(O)C1=O. The highest BCUT2D eigenvalue weighted by Gasteiger charge is 2.37. The summed E-state index contributed by atoms with van der Waals surface area (Å²) >= 11 is 12.0. The van der Waals surface area contributed by atoms with Gasteiger partial charge >= 0.3 is 0 Å². The zero-order valence-corrected chi connectivity index (χ0v) is 21.2. The number of carbonyl (C=O) groups is 2. The summed E-state index contributed by atoms with van der Waals surface area (Å²) in [6, 6.07) is 12.9. The van der Waals surface area contributed by atoms with Crippen LogP contribution in [0.3, 0.4) is 0 Å². The van der Waals surface area contributed by atoms with E-state index < -0.39 is 17.6 Å². The summed E-state index contributed by atoms with van der Waals surface area (Å²) in [6.45, 7) is 6.25. The summed E-state index contributed by atoms with van der Waals surface area (Å²) < 4.78 is 0. The zero-order valence-electron chi connectivity index (χ0n) is 19.7. The van der Waals surface area contributed by atoms with Crippen LogP contribution in [0.25, 0.3) is 10.9 Å². The molecule has 0 spiro atoms. The number of rotatable bonds is 6. The lowest BCUT2D eigenvalue weighted by molar-refractivity contribution is -0.129. The number of aromatic nitrogens is 1. The second kappa shape index (κ2) is 11.0. The van der Waals surface area contributed by atoms with E-state index in [4.69, 9.17) is 23.2 Å². The molecule has 34 heavy (non-hydrogen) atoms. The molecule has 1 aliphatic rings. The van der Waals surface area contributed by atoms with E-state index in [0.717, 1.165) is 22.0 Å². The van der Waals surface area contributed by atoms with Crippen LogP contribution in [0.1, 0.15) is 31.9 Å². The molecule has 180 valence electrons. The third-order valence-corrected chi connectivity index (χ3v) is 6.55. The van der Waals surface area contributed by atoms with E-state index in [-0.39, 0.29) is 24.7 Å². The Balaban J connectivity index is 0.00000158. The van der Waals surface area contributed by atoms with Crippen LogP contribution in [-0.4, -0.2) is 51.3 Å². The number of benzene rings is 2. The molecular formula is C26H29Cl2N3O3. The Hall–Kier alpha value is -2.96. The van der Waals surface area contributed by atoms with E-state index in [1.54, 1.807) is 25.2 Å². The summed E-state index contributed by atoms with van der Waals surface area (Å²) in [7, 11) is 1.62. The van der Waals surface area contributed by atoms with Gasteiger partial charge in [0.25, 0.3) is 11.8 Å². The topological polar surface area (TPSA) is 76.6 Å². The molecule has 1 atom stereocenters. The molecule has 2 amide bonds. The van der Waals surface area contributed by atoms with Gasteiger partial charge in [-0.15, -0.1) is 0 Å². The zero-order chi connectivity index (χ0) is 25.0. The molecule has 2 aromatic carbocycles. The molecule has 0 saturated carbocycles. The van der Waals surface area contributed by atoms with Gasteiger partial charge in [0, 0.05) is 36.7 Å². The number of para-hydroxylation sites is 1. The molecule has 2 N–H and O–H groups in total. The van der Waals surface area contributed by atoms with Gasteiger partial charge < -0.3 is 19.9 Å². The Morgan fingerprint density at radius 1 is 1.18 bits per heavy atom. The second-order valence-electron chi connectivity index (χ2n) is 8.08. The number of carbonyl (C=O) groups excluding carboxylic acids is 2. The molecular weight excluding hydrogens is 473 g/mol. The van der Waals surface area contributed by atoms with E-state index in [0.29, 0.717) is 16.5 Å². The number of nitrogens with one attached hydrogen (secondary N) is 1. The predicted octanol–water partition coefficient (Wildman–Crippen LogP) is 5.74. The number of aliphatic hydroxyl groups is 1. The predicted molar refractivity (Wildman–Crippen MR) is 137 cm³/mol. The molecule has 1 unspecified atom stereocenters. The molecule has 0 bridgehead atoms. The Labute approximate surface area is 209 Å². The minimum Gasteiger partial charge on any atom is -0.503 e. The van der Waals surface area contributed by atoms with Gasteiger partial charge in [-0.3, -0.25) is 9.59 Å². The van der Waals surface area contributed by atoms with Crippen molar-refractivity contribution in [1.82, 2.24) is 14.8 Å². The maximum atomic E-state index is 13.0. The average Bonchev–Trinajstić information content (AvgIpc) is 3.38. The summed E-state index contributed by atoms with van der Waals surface area (Å²) in [5.74, 6) is -1.41. The summed E-state index contributed by atoms with van der Waals surface area (Å²) in [4.78, 5) is 31.9. The fourth-order valence-electron chi connectivity index (χ4n) is 4.05. The Morgan fingerprint density at radius 2 is 1.88 bits per heavy atom. The number of halogens is 2. The second-order valence-corrected chi connectivity index (χ2v) is 8.90. The Bertz CT molecular complexity index is 1240. The number of likely N-dealkylation sites (N-methyl/N-ethyl adjacent to an activating group) is 1. The maximum Gasteiger partial charge on any atom is 0.289 e. The minimum atomic E-state index is -0.524. The molecule has 0 fully saturated rings. The number of amides is 2. The van der Waals surface area contributed by atoms with Crippen LogP contribution in [0.4, 0.5) is 0 Å². The monoisotopic (exact) mass is 501 g/mol. The molecule has 1 aliphatic heterocycles. The van der Waals surface area contributed by atoms with Crippen LogP contribution in [0.15, 0.2) is 60.0 Å². The summed E-state index contributed by atoms with van der Waals surface area (Å²) in [5.41, 5.74) is 3.01. The van der Waals surface area contributed by atoms with Crippen LogP contribution in [-0.2, 0) is 22.6 Å². The van der Waals surface area contributed by atoms with Crippen LogP contribution in [0, 0.1) is 0 Å². The van der Waals surface area contributed by atoms with Crippen molar-refractivity contribution in [3.63, 3.8) is 0 Å². The van der Waals surface area contributed by atoms with Gasteiger partial charge in [0.1, 0.15) is 0 Å². The first-order valence-electron chi connectivity index (χ1n) is 11.2. The number of hydrogen-bond acceptors (Lipinski definition) is 3. The first kappa shape index (κ1) is 25.7. The average molecular weight is 502 g/mol. The molecule has 1 aromatic heterocycles. The first-order valence-corrected chi connectivity index (χ1v) is 12.0. The molecule has 8 heteroatoms. The minimum absolute atomic E-state index is 0.0682. The molecule has 0 aliphatic carbocycles. The van der Waals surface area contributed by atoms with Crippen LogP contribution in [0.2, 0.25) is 10.0 Å². The van der Waals surface area contributed by atoms with Crippen molar-refractivity contribution in [2.75, 3.05) is 13.6 Å². The number of nitrogens with zero attached hydrogens (tertiary/aromatic N) is 2. The molecule has 3 aromatic rings. The van der Waals surface area contributed by atoms with E-state index in [1.165, 1.54) is 9.80 Å². The lowest BCUT2D eigenvalue weighted by Gasteiger charge is -2.25. The van der Waals surface area contributed by atoms with Gasteiger partial charge in [0.15, 0.2) is 5.76 Å². The molecule has 0 saturated heterocycles. The van der Waals surface area contributed by atoms with Gasteiger partial charge in [-0.2, -0.15) is 0 Å². The van der Waals surface area contributed by atoms with Gasteiger partial charge in [-0.25, -0.2) is 0 Å². The van der Waals surface area contributed by atoms with Gasteiger partial charge in [0.2, 0.25) is 0 Å². The van der Waals surface area contributed by atoms with Crippen LogP contribution >= 0.6 is 23.2 Å². The Kier molecular flexibility index (Phi) is 8.28. The highest BCUT2D eigenvalue weighted by atomic mass is 35.5. The number of hydrogen-bond donors (Lipinski definition) is 2. The van der Waals surface area contributed by atoms with Crippen molar-refractivity contribution in [3.8, 4) is 0 Å². The molecule has 4 rings (SSSR count). The smallest absolute Gasteiger partial charge is 0.289 e. The molecule has 6 nitrogen and oxygen atoms in total. The standard InChI is InChI=1S/C24H23Cl2N3O3.C2H6/c1-14(9-16-11-27-21-6-4-3-5-17(16)21)29-13-18(22(30)24(29)32)23(31)28(2)12-15-7-8-19(25)20(26)10-15;1-2/h3-8,10-11,14,27,30H,9,12-13H2,1-2H3;1-2H3. The van der Waals surface area contributed by atoms with E-state index in [9.17, 15) is 14.7 Å². The largest absolute Gasteiger partial charge is 0.503 e. The number of H-pyrrole nitrogens is 1. The first-order chi connectivity index (χ1) is 16.3. The summed E-state index contributed by atoms with van der Waals surface area (Å²) in [5, 5.41) is 12.4. The van der Waals surface area contributed by atoms with Crippen molar-refractivity contribution in [2.45, 2.75) is 39.8 Å². The lowest BCUT2D eigenvalue weighted by Crippen LogP contribution is -2.38. The van der Waals surface area contributed by atoms with E-state index in [2.05, 4.69) is 4.98 Å². The number of aromatic amines is 1. The van der Waals surface area contributed by atoms with Gasteiger partial charge in [0.05, 0.1) is 22.2 Å². The Morgan fingerprint density at radius 3 is 2.59 bits per heavy atom. The quantitative estimate of drug-likeness (QED) is 0.451. The third-order valence-electron chi connectivity index (χ3n) is 5.81. The van der Waals surface area contributed by atoms with Gasteiger partial charge in [-0.05, 0) is 42.7 Å². The molecule has 0 radical (unpaired) electrons. The van der Waals surface area contributed by atoms with Crippen LogP contribution in [0.5, 0.6) is 0 Å². The van der Waals surface area contributed by atoms with Crippen molar-refractivity contribution in [2.24, 2.45) is 0 Å². The fraction of sp³-hybridized carbons (Fsp3) is 0.308. The lowest BCUT2D eigenvalue weighted by atomic mass is 10.1. The van der Waals surface area contributed by atoms with Crippen molar-refractivity contribution in [1.29, 1.82) is 0 Å². The number of fused-ring (bicyclic) bond motifs is 1. The van der Waals surface area contributed by atoms with Crippen molar-refractivity contribution in [3.05, 3.63) is 81.2 Å². The highest BCUT2D eigenvalue weighted by Crippen LogP contribution is 2.27. The van der Waals surface area contributed by atoms with Crippen molar-refractivity contribution < 1.29 is 14.7 Å². The normalized spacial score (nSPS) is 14.3. The van der Waals surface area contributed by atoms with E-state index in [1.807, 2.05) is 51.2 Å².